The Hall–Kier alpha value is -2.62. The summed E-state index contributed by atoms with van der Waals surface area (Å²) in [7, 11) is 0. The highest BCUT2D eigenvalue weighted by atomic mass is 16.6. The molecule has 1 aliphatic carbocycles. The zero-order valence-corrected chi connectivity index (χ0v) is 13.5. The second kappa shape index (κ2) is 5.48. The Balaban J connectivity index is 1.59. The van der Waals surface area contributed by atoms with E-state index in [2.05, 4.69) is 6.92 Å². The fraction of sp³-hybridized carbons (Fsp3) is 0.300. The average molecular weight is 321 g/mol. The van der Waals surface area contributed by atoms with Crippen molar-refractivity contribution >= 4 is 12.0 Å². The van der Waals surface area contributed by atoms with Gasteiger partial charge in [-0.1, -0.05) is 67.6 Å². The summed E-state index contributed by atoms with van der Waals surface area (Å²) in [4.78, 5) is 26.5. The predicted octanol–water partition coefficient (Wildman–Crippen LogP) is 3.68. The fourth-order valence-electron chi connectivity index (χ4n) is 3.62. The molecule has 2 amide bonds. The molecule has 1 aliphatic heterocycles. The Morgan fingerprint density at radius 1 is 1.08 bits per heavy atom. The first-order valence-corrected chi connectivity index (χ1v) is 8.21. The Morgan fingerprint density at radius 2 is 1.71 bits per heavy atom. The zero-order chi connectivity index (χ0) is 16.7. The van der Waals surface area contributed by atoms with Crippen molar-refractivity contribution in [3.05, 3.63) is 71.8 Å². The molecule has 1 saturated heterocycles. The third-order valence-electron chi connectivity index (χ3n) is 5.26. The molecule has 4 heteroatoms. The predicted molar refractivity (Wildman–Crippen MR) is 89.3 cm³/mol. The summed E-state index contributed by atoms with van der Waals surface area (Å²) in [6.45, 7) is 2.31. The van der Waals surface area contributed by atoms with Crippen molar-refractivity contribution in [1.29, 1.82) is 0 Å². The molecule has 2 fully saturated rings. The molecule has 0 aromatic heterocycles. The minimum Gasteiger partial charge on any atom is -0.446 e. The van der Waals surface area contributed by atoms with Gasteiger partial charge in [0.1, 0.15) is 12.6 Å². The topological polar surface area (TPSA) is 46.6 Å². The Kier molecular flexibility index (Phi) is 3.41. The van der Waals surface area contributed by atoms with Crippen molar-refractivity contribution in [2.75, 3.05) is 6.61 Å². The molecule has 1 saturated carbocycles. The lowest BCUT2D eigenvalue weighted by molar-refractivity contribution is -0.131. The molecule has 24 heavy (non-hydrogen) atoms. The summed E-state index contributed by atoms with van der Waals surface area (Å²) < 4.78 is 5.17. The fourth-order valence-corrected chi connectivity index (χ4v) is 3.62. The van der Waals surface area contributed by atoms with Crippen LogP contribution in [0.5, 0.6) is 0 Å². The minimum atomic E-state index is -0.531. The van der Waals surface area contributed by atoms with E-state index in [1.807, 2.05) is 60.7 Å². The number of nitrogens with zero attached hydrogens (tertiary/aromatic N) is 1. The van der Waals surface area contributed by atoms with Crippen molar-refractivity contribution in [1.82, 2.24) is 4.90 Å². The van der Waals surface area contributed by atoms with Crippen LogP contribution in [0.2, 0.25) is 0 Å². The Labute approximate surface area is 141 Å². The SMILES string of the molecule is CC1(c2ccccc2)CC1C(=O)N1C(=O)OCC1c1ccccc1. The molecule has 0 radical (unpaired) electrons. The van der Waals surface area contributed by atoms with E-state index in [4.69, 9.17) is 4.74 Å². The number of cyclic esters (lactones) is 1. The van der Waals surface area contributed by atoms with E-state index in [-0.39, 0.29) is 29.9 Å². The van der Waals surface area contributed by atoms with Gasteiger partial charge in [-0.15, -0.1) is 0 Å². The summed E-state index contributed by atoms with van der Waals surface area (Å²) in [5.74, 6) is -0.297. The third-order valence-corrected chi connectivity index (χ3v) is 5.26. The second-order valence-electron chi connectivity index (χ2n) is 6.75. The summed E-state index contributed by atoms with van der Waals surface area (Å²) in [5.41, 5.74) is 1.88. The number of rotatable bonds is 3. The van der Waals surface area contributed by atoms with Crippen molar-refractivity contribution < 1.29 is 14.3 Å². The maximum Gasteiger partial charge on any atom is 0.417 e. The van der Waals surface area contributed by atoms with Gasteiger partial charge in [0.25, 0.3) is 0 Å². The van der Waals surface area contributed by atoms with E-state index in [9.17, 15) is 9.59 Å². The molecule has 2 aliphatic rings. The van der Waals surface area contributed by atoms with Crippen LogP contribution in [0, 0.1) is 5.92 Å². The lowest BCUT2D eigenvalue weighted by Gasteiger charge is -2.21. The van der Waals surface area contributed by atoms with E-state index >= 15 is 0 Å². The van der Waals surface area contributed by atoms with Gasteiger partial charge in [-0.05, 0) is 17.5 Å². The molecule has 122 valence electrons. The average Bonchev–Trinajstić information content (AvgIpc) is 3.18. The number of imide groups is 1. The Morgan fingerprint density at radius 3 is 2.38 bits per heavy atom. The molecule has 4 nitrogen and oxygen atoms in total. The quantitative estimate of drug-likeness (QED) is 0.866. The van der Waals surface area contributed by atoms with Crippen LogP contribution in [0.3, 0.4) is 0 Å². The van der Waals surface area contributed by atoms with Crippen LogP contribution in [-0.4, -0.2) is 23.5 Å². The van der Waals surface area contributed by atoms with Gasteiger partial charge in [0.05, 0.1) is 0 Å². The summed E-state index contributed by atoms with van der Waals surface area (Å²) in [6, 6.07) is 19.3. The number of carbonyl (C=O) groups excluding carboxylic acids is 2. The first kappa shape index (κ1) is 14.9. The zero-order valence-electron chi connectivity index (χ0n) is 13.5. The van der Waals surface area contributed by atoms with Crippen LogP contribution in [-0.2, 0) is 14.9 Å². The van der Waals surface area contributed by atoms with E-state index in [1.165, 1.54) is 4.90 Å². The lowest BCUT2D eigenvalue weighted by Crippen LogP contribution is -2.36. The van der Waals surface area contributed by atoms with Crippen molar-refractivity contribution in [2.45, 2.75) is 24.8 Å². The molecule has 0 bridgehead atoms. The number of hydrogen-bond donors (Lipinski definition) is 0. The lowest BCUT2D eigenvalue weighted by atomic mass is 9.95. The van der Waals surface area contributed by atoms with Crippen LogP contribution in [0.4, 0.5) is 4.79 Å². The summed E-state index contributed by atoms with van der Waals surface area (Å²) >= 11 is 0. The molecule has 3 unspecified atom stereocenters. The van der Waals surface area contributed by atoms with Gasteiger partial charge in [-0.3, -0.25) is 4.79 Å². The van der Waals surface area contributed by atoms with E-state index in [0.29, 0.717) is 0 Å². The van der Waals surface area contributed by atoms with Gasteiger partial charge >= 0.3 is 6.09 Å². The van der Waals surface area contributed by atoms with Crippen molar-refractivity contribution in [3.8, 4) is 0 Å². The Bertz CT molecular complexity index is 774. The van der Waals surface area contributed by atoms with Gasteiger partial charge in [0.2, 0.25) is 5.91 Å². The van der Waals surface area contributed by atoms with Gasteiger partial charge in [-0.25, -0.2) is 9.69 Å². The first-order valence-electron chi connectivity index (χ1n) is 8.21. The van der Waals surface area contributed by atoms with Gasteiger partial charge in [0, 0.05) is 11.3 Å². The van der Waals surface area contributed by atoms with Crippen LogP contribution >= 0.6 is 0 Å². The largest absolute Gasteiger partial charge is 0.446 e. The normalized spacial score (nSPS) is 28.5. The maximum atomic E-state index is 13.0. The van der Waals surface area contributed by atoms with E-state index in [0.717, 1.165) is 17.5 Å². The van der Waals surface area contributed by atoms with Gasteiger partial charge in [0.15, 0.2) is 0 Å². The minimum absolute atomic E-state index is 0.127. The third kappa shape index (κ3) is 2.30. The molecular weight excluding hydrogens is 302 g/mol. The summed E-state index contributed by atoms with van der Waals surface area (Å²) in [5, 5.41) is 0. The smallest absolute Gasteiger partial charge is 0.417 e. The van der Waals surface area contributed by atoms with Crippen molar-refractivity contribution in [2.24, 2.45) is 5.92 Å². The monoisotopic (exact) mass is 321 g/mol. The number of carbonyl (C=O) groups is 2. The molecule has 2 aromatic carbocycles. The standard InChI is InChI=1S/C20H19NO3/c1-20(15-10-6-3-7-11-15)12-16(20)18(22)21-17(13-24-19(21)23)14-8-4-2-5-9-14/h2-11,16-17H,12-13H2,1H3. The highest BCUT2D eigenvalue weighted by Gasteiger charge is 2.59. The first-order chi connectivity index (χ1) is 11.6. The van der Waals surface area contributed by atoms with Gasteiger partial charge < -0.3 is 4.74 Å². The van der Waals surface area contributed by atoms with Crippen LogP contribution < -0.4 is 0 Å². The molecule has 0 spiro atoms. The van der Waals surface area contributed by atoms with E-state index < -0.39 is 6.09 Å². The number of benzene rings is 2. The summed E-state index contributed by atoms with van der Waals surface area (Å²) in [6.07, 6.45) is 0.234. The van der Waals surface area contributed by atoms with Crippen molar-refractivity contribution in [3.63, 3.8) is 0 Å². The molecule has 1 heterocycles. The number of amides is 2. The van der Waals surface area contributed by atoms with Crippen LogP contribution in [0.1, 0.15) is 30.5 Å². The van der Waals surface area contributed by atoms with Crippen LogP contribution in [0.15, 0.2) is 60.7 Å². The highest BCUT2D eigenvalue weighted by molar-refractivity contribution is 5.97. The molecule has 0 N–H and O–H groups in total. The second-order valence-corrected chi connectivity index (χ2v) is 6.75. The highest BCUT2D eigenvalue weighted by Crippen LogP contribution is 2.55. The van der Waals surface area contributed by atoms with Crippen LogP contribution in [0.25, 0.3) is 0 Å². The maximum absolute atomic E-state index is 13.0. The number of ether oxygens (including phenoxy) is 1. The number of hydrogen-bond acceptors (Lipinski definition) is 3. The molecular formula is C20H19NO3. The molecule has 4 rings (SSSR count). The molecule has 2 aromatic rings. The molecule has 3 atom stereocenters. The van der Waals surface area contributed by atoms with Gasteiger partial charge in [-0.2, -0.15) is 0 Å². The van der Waals surface area contributed by atoms with E-state index in [1.54, 1.807) is 0 Å².